The number of hydrogen-bond donors (Lipinski definition) is 0. The molecule has 1 unspecified atom stereocenters. The summed E-state index contributed by atoms with van der Waals surface area (Å²) in [6.07, 6.45) is 1.02. The maximum absolute atomic E-state index is 11.7. The third kappa shape index (κ3) is 2.82. The van der Waals surface area contributed by atoms with E-state index in [0.717, 1.165) is 25.3 Å². The van der Waals surface area contributed by atoms with Crippen molar-refractivity contribution in [3.05, 3.63) is 29.8 Å². The predicted molar refractivity (Wildman–Crippen MR) is 68.8 cm³/mol. The lowest BCUT2D eigenvalue weighted by molar-refractivity contribution is -0.134. The zero-order valence-corrected chi connectivity index (χ0v) is 10.9. The van der Waals surface area contributed by atoms with Gasteiger partial charge in [-0.25, -0.2) is 0 Å². The molecule has 2 rings (SSSR count). The number of amides is 1. The number of nitrogens with zero attached hydrogens (tertiary/aromatic N) is 1. The largest absolute Gasteiger partial charge is 0.497 e. The molecule has 0 saturated carbocycles. The van der Waals surface area contributed by atoms with E-state index in [9.17, 15) is 4.79 Å². The number of ether oxygens (including phenoxy) is 2. The molecule has 1 heterocycles. The Bertz CT molecular complexity index is 402. The zero-order chi connectivity index (χ0) is 13.0. The molecule has 0 aliphatic carbocycles. The molecule has 1 fully saturated rings. The molecule has 1 amide bonds. The Labute approximate surface area is 107 Å². The molecular weight excluding hydrogens is 230 g/mol. The molecule has 0 N–H and O–H groups in total. The van der Waals surface area contributed by atoms with Gasteiger partial charge in [-0.1, -0.05) is 12.1 Å². The normalized spacial score (nSPS) is 19.0. The molecule has 1 saturated heterocycles. The third-order valence-electron chi connectivity index (χ3n) is 3.40. The van der Waals surface area contributed by atoms with Crippen LogP contribution >= 0.6 is 0 Å². The van der Waals surface area contributed by atoms with Gasteiger partial charge < -0.3 is 14.4 Å². The Morgan fingerprint density at radius 2 is 2.06 bits per heavy atom. The molecule has 0 radical (unpaired) electrons. The van der Waals surface area contributed by atoms with Gasteiger partial charge in [-0.2, -0.15) is 0 Å². The molecule has 1 aliphatic heterocycles. The summed E-state index contributed by atoms with van der Waals surface area (Å²) in [4.78, 5) is 13.6. The van der Waals surface area contributed by atoms with Gasteiger partial charge in [-0.3, -0.25) is 4.79 Å². The van der Waals surface area contributed by atoms with Gasteiger partial charge in [0, 0.05) is 26.1 Å². The molecule has 4 nitrogen and oxygen atoms in total. The Morgan fingerprint density at radius 1 is 1.33 bits per heavy atom. The standard InChI is InChI=1S/C14H19NO3/c1-17-10-14(16)15-8-7-12(9-15)11-3-5-13(18-2)6-4-11/h3-6,12H,7-10H2,1-2H3. The lowest BCUT2D eigenvalue weighted by atomic mass is 9.98. The molecule has 4 heteroatoms. The van der Waals surface area contributed by atoms with Crippen molar-refractivity contribution in [2.75, 3.05) is 33.9 Å². The second-order valence-electron chi connectivity index (χ2n) is 4.53. The summed E-state index contributed by atoms with van der Waals surface area (Å²) in [6.45, 7) is 1.78. The highest BCUT2D eigenvalue weighted by molar-refractivity contribution is 5.77. The molecule has 1 atom stereocenters. The molecule has 1 aliphatic rings. The molecule has 98 valence electrons. The van der Waals surface area contributed by atoms with Crippen LogP contribution in [0.2, 0.25) is 0 Å². The van der Waals surface area contributed by atoms with Gasteiger partial charge >= 0.3 is 0 Å². The fourth-order valence-electron chi connectivity index (χ4n) is 2.35. The highest BCUT2D eigenvalue weighted by Gasteiger charge is 2.26. The van der Waals surface area contributed by atoms with Crippen molar-refractivity contribution in [1.29, 1.82) is 0 Å². The minimum Gasteiger partial charge on any atom is -0.497 e. The number of carbonyl (C=O) groups excluding carboxylic acids is 1. The Hall–Kier alpha value is -1.55. The molecule has 1 aromatic carbocycles. The van der Waals surface area contributed by atoms with Crippen molar-refractivity contribution in [3.8, 4) is 5.75 Å². The molecular formula is C14H19NO3. The van der Waals surface area contributed by atoms with Crippen LogP contribution in [0.15, 0.2) is 24.3 Å². The van der Waals surface area contributed by atoms with Crippen LogP contribution in [0, 0.1) is 0 Å². The maximum Gasteiger partial charge on any atom is 0.248 e. The van der Waals surface area contributed by atoms with Gasteiger partial charge in [0.15, 0.2) is 0 Å². The molecule has 0 bridgehead atoms. The first-order valence-corrected chi connectivity index (χ1v) is 6.15. The maximum atomic E-state index is 11.7. The van der Waals surface area contributed by atoms with Crippen LogP contribution < -0.4 is 4.74 Å². The van der Waals surface area contributed by atoms with E-state index in [-0.39, 0.29) is 12.5 Å². The van der Waals surface area contributed by atoms with E-state index in [1.165, 1.54) is 5.56 Å². The van der Waals surface area contributed by atoms with E-state index >= 15 is 0 Å². The summed E-state index contributed by atoms with van der Waals surface area (Å²) in [6, 6.07) is 8.09. The van der Waals surface area contributed by atoms with Crippen molar-refractivity contribution >= 4 is 5.91 Å². The zero-order valence-electron chi connectivity index (χ0n) is 10.9. The Morgan fingerprint density at radius 3 is 2.67 bits per heavy atom. The number of benzene rings is 1. The van der Waals surface area contributed by atoms with Crippen molar-refractivity contribution in [2.24, 2.45) is 0 Å². The summed E-state index contributed by atoms with van der Waals surface area (Å²) in [5.41, 5.74) is 1.27. The minimum atomic E-state index is 0.0773. The van der Waals surface area contributed by atoms with Crippen molar-refractivity contribution < 1.29 is 14.3 Å². The van der Waals surface area contributed by atoms with E-state index in [1.54, 1.807) is 14.2 Å². The number of hydrogen-bond acceptors (Lipinski definition) is 3. The number of likely N-dealkylation sites (tertiary alicyclic amines) is 1. The average Bonchev–Trinajstić information content (AvgIpc) is 2.89. The summed E-state index contributed by atoms with van der Waals surface area (Å²) in [5, 5.41) is 0. The quantitative estimate of drug-likeness (QED) is 0.814. The number of rotatable bonds is 4. The lowest BCUT2D eigenvalue weighted by Gasteiger charge is -2.16. The first kappa shape index (κ1) is 12.9. The SMILES string of the molecule is COCC(=O)N1CCC(c2ccc(OC)cc2)C1. The Kier molecular flexibility index (Phi) is 4.20. The van der Waals surface area contributed by atoms with Gasteiger partial charge in [0.05, 0.1) is 7.11 Å². The van der Waals surface area contributed by atoms with E-state index in [4.69, 9.17) is 9.47 Å². The highest BCUT2D eigenvalue weighted by Crippen LogP contribution is 2.28. The van der Waals surface area contributed by atoms with Crippen LogP contribution in [0.25, 0.3) is 0 Å². The smallest absolute Gasteiger partial charge is 0.248 e. The second-order valence-corrected chi connectivity index (χ2v) is 4.53. The van der Waals surface area contributed by atoms with Crippen LogP contribution in [0.1, 0.15) is 17.9 Å². The van der Waals surface area contributed by atoms with E-state index in [2.05, 4.69) is 12.1 Å². The van der Waals surface area contributed by atoms with Crippen LogP contribution in [0.4, 0.5) is 0 Å². The van der Waals surface area contributed by atoms with Crippen molar-refractivity contribution in [1.82, 2.24) is 4.90 Å². The molecule has 0 spiro atoms. The first-order valence-electron chi connectivity index (χ1n) is 6.15. The van der Waals surface area contributed by atoms with Gasteiger partial charge in [0.25, 0.3) is 0 Å². The Balaban J connectivity index is 1.97. The topological polar surface area (TPSA) is 38.8 Å². The lowest BCUT2D eigenvalue weighted by Crippen LogP contribution is -2.31. The highest BCUT2D eigenvalue weighted by atomic mass is 16.5. The van der Waals surface area contributed by atoms with Crippen molar-refractivity contribution in [2.45, 2.75) is 12.3 Å². The van der Waals surface area contributed by atoms with E-state index in [0.29, 0.717) is 5.92 Å². The summed E-state index contributed by atoms with van der Waals surface area (Å²) in [7, 11) is 3.21. The van der Waals surface area contributed by atoms with Gasteiger partial charge in [-0.15, -0.1) is 0 Å². The summed E-state index contributed by atoms with van der Waals surface area (Å²) in [5.74, 6) is 1.37. The summed E-state index contributed by atoms with van der Waals surface area (Å²) >= 11 is 0. The predicted octanol–water partition coefficient (Wildman–Crippen LogP) is 1.66. The second kappa shape index (κ2) is 5.87. The van der Waals surface area contributed by atoms with E-state index < -0.39 is 0 Å². The molecule has 0 aromatic heterocycles. The van der Waals surface area contributed by atoms with Crippen LogP contribution in [-0.4, -0.2) is 44.7 Å². The number of carbonyl (C=O) groups is 1. The fourth-order valence-corrected chi connectivity index (χ4v) is 2.35. The monoisotopic (exact) mass is 249 g/mol. The van der Waals surface area contributed by atoms with Gasteiger partial charge in [0.1, 0.15) is 12.4 Å². The minimum absolute atomic E-state index is 0.0773. The first-order chi connectivity index (χ1) is 8.74. The summed E-state index contributed by atoms with van der Waals surface area (Å²) < 4.78 is 10.0. The fraction of sp³-hybridized carbons (Fsp3) is 0.500. The third-order valence-corrected chi connectivity index (χ3v) is 3.40. The van der Waals surface area contributed by atoms with Crippen molar-refractivity contribution in [3.63, 3.8) is 0 Å². The molecule has 1 aromatic rings. The van der Waals surface area contributed by atoms with Crippen LogP contribution in [0.3, 0.4) is 0 Å². The van der Waals surface area contributed by atoms with Crippen LogP contribution in [-0.2, 0) is 9.53 Å². The van der Waals surface area contributed by atoms with E-state index in [1.807, 2.05) is 17.0 Å². The van der Waals surface area contributed by atoms with Crippen LogP contribution in [0.5, 0.6) is 5.75 Å². The number of methoxy groups -OCH3 is 2. The molecule has 18 heavy (non-hydrogen) atoms. The van der Waals surface area contributed by atoms with Gasteiger partial charge in [0.2, 0.25) is 5.91 Å². The van der Waals surface area contributed by atoms with Gasteiger partial charge in [-0.05, 0) is 24.1 Å². The average molecular weight is 249 g/mol.